The number of nitrogens with zero attached hydrogens (tertiary/aromatic N) is 1. The molecule has 0 saturated carbocycles. The molecule has 3 N–H and O–H groups in total. The molecule has 0 atom stereocenters. The summed E-state index contributed by atoms with van der Waals surface area (Å²) in [5.74, 6) is -1.12. The van der Waals surface area contributed by atoms with Gasteiger partial charge in [0.05, 0.1) is 5.69 Å². The molecule has 1 heterocycles. The Morgan fingerprint density at radius 1 is 1.75 bits per heavy atom. The van der Waals surface area contributed by atoms with Gasteiger partial charge in [0.15, 0.2) is 5.69 Å². The van der Waals surface area contributed by atoms with Crippen molar-refractivity contribution in [2.45, 2.75) is 0 Å². The number of hydrogen-bond donors (Lipinski definition) is 2. The molecule has 0 aromatic carbocycles. The predicted octanol–water partition coefficient (Wildman–Crippen LogP) is 1.01. The minimum absolute atomic E-state index is 0.124. The third-order valence-corrected chi connectivity index (χ3v) is 1.38. The van der Waals surface area contributed by atoms with E-state index in [2.05, 4.69) is 11.6 Å². The third kappa shape index (κ3) is 1.42. The molecule has 1 rings (SSSR count). The van der Waals surface area contributed by atoms with Gasteiger partial charge in [-0.3, -0.25) is 0 Å². The van der Waals surface area contributed by atoms with Gasteiger partial charge in [-0.1, -0.05) is 12.7 Å². The van der Waals surface area contributed by atoms with Gasteiger partial charge in [-0.25, -0.2) is 9.78 Å². The number of aromatic carboxylic acids is 1. The summed E-state index contributed by atoms with van der Waals surface area (Å²) in [6, 6.07) is 1.52. The monoisotopic (exact) mass is 164 g/mol. The van der Waals surface area contributed by atoms with Crippen LogP contribution in [0.2, 0.25) is 0 Å². The lowest BCUT2D eigenvalue weighted by molar-refractivity contribution is 0.0692. The van der Waals surface area contributed by atoms with Gasteiger partial charge in [0, 0.05) is 6.20 Å². The Kier molecular flexibility index (Phi) is 2.09. The van der Waals surface area contributed by atoms with Gasteiger partial charge >= 0.3 is 5.97 Å². The zero-order chi connectivity index (χ0) is 9.14. The molecule has 4 nitrogen and oxygen atoms in total. The van der Waals surface area contributed by atoms with Crippen molar-refractivity contribution >= 4 is 17.7 Å². The summed E-state index contributed by atoms with van der Waals surface area (Å²) >= 11 is 0. The van der Waals surface area contributed by atoms with Crippen LogP contribution in [0, 0.1) is 0 Å². The number of aromatic nitrogens is 1. The standard InChI is InChI=1S/C8H8N2O2/c1-2-5-3-6(9)7(8(11)12)10-4-5/h2-4H,1,9H2,(H,11,12). The lowest BCUT2D eigenvalue weighted by Crippen LogP contribution is -2.05. The van der Waals surface area contributed by atoms with Crippen molar-refractivity contribution in [3.8, 4) is 0 Å². The predicted molar refractivity (Wildman–Crippen MR) is 45.7 cm³/mol. The molecular formula is C8H8N2O2. The largest absolute Gasteiger partial charge is 0.476 e. The fraction of sp³-hybridized carbons (Fsp3) is 0. The van der Waals surface area contributed by atoms with Crippen molar-refractivity contribution in [1.29, 1.82) is 0 Å². The Balaban J connectivity index is 3.20. The van der Waals surface area contributed by atoms with Crippen LogP contribution in [0.3, 0.4) is 0 Å². The summed E-state index contributed by atoms with van der Waals surface area (Å²) in [5.41, 5.74) is 6.14. The highest BCUT2D eigenvalue weighted by Gasteiger charge is 2.08. The summed E-state index contributed by atoms with van der Waals surface area (Å²) in [5, 5.41) is 8.56. The Hall–Kier alpha value is -1.84. The van der Waals surface area contributed by atoms with E-state index in [9.17, 15) is 4.79 Å². The van der Waals surface area contributed by atoms with Gasteiger partial charge in [-0.2, -0.15) is 0 Å². The first-order valence-electron chi connectivity index (χ1n) is 3.26. The fourth-order valence-electron chi connectivity index (χ4n) is 0.789. The van der Waals surface area contributed by atoms with Crippen molar-refractivity contribution in [3.05, 3.63) is 30.1 Å². The second-order valence-electron chi connectivity index (χ2n) is 2.22. The molecule has 0 aliphatic heterocycles. The number of nitrogen functional groups attached to an aromatic ring is 1. The van der Waals surface area contributed by atoms with Crippen LogP contribution >= 0.6 is 0 Å². The van der Waals surface area contributed by atoms with Gasteiger partial charge in [0.2, 0.25) is 0 Å². The molecule has 1 aromatic heterocycles. The van der Waals surface area contributed by atoms with E-state index in [-0.39, 0.29) is 11.4 Å². The van der Waals surface area contributed by atoms with Crippen LogP contribution < -0.4 is 5.73 Å². The minimum Gasteiger partial charge on any atom is -0.476 e. The summed E-state index contributed by atoms with van der Waals surface area (Å²) in [6.45, 7) is 3.50. The summed E-state index contributed by atoms with van der Waals surface area (Å²) in [6.07, 6.45) is 2.96. The van der Waals surface area contributed by atoms with Crippen LogP contribution in [0.5, 0.6) is 0 Å². The Bertz CT molecular complexity index is 334. The number of carboxylic acids is 1. The van der Waals surface area contributed by atoms with Crippen molar-refractivity contribution in [2.24, 2.45) is 0 Å². The van der Waals surface area contributed by atoms with Crippen LogP contribution in [0.15, 0.2) is 18.8 Å². The Labute approximate surface area is 69.4 Å². The van der Waals surface area contributed by atoms with Gasteiger partial charge in [0.1, 0.15) is 0 Å². The van der Waals surface area contributed by atoms with Crippen LogP contribution in [-0.4, -0.2) is 16.1 Å². The van der Waals surface area contributed by atoms with Crippen molar-refractivity contribution in [3.63, 3.8) is 0 Å². The average molecular weight is 164 g/mol. The first kappa shape index (κ1) is 8.26. The number of nitrogens with two attached hydrogens (primary N) is 1. The molecule has 4 heteroatoms. The molecule has 0 unspecified atom stereocenters. The molecule has 0 amide bonds. The maximum atomic E-state index is 10.5. The highest BCUT2D eigenvalue weighted by molar-refractivity contribution is 5.91. The number of carboxylic acid groups (broad SMARTS) is 1. The highest BCUT2D eigenvalue weighted by atomic mass is 16.4. The van der Waals surface area contributed by atoms with E-state index in [1.807, 2.05) is 0 Å². The molecule has 0 saturated heterocycles. The molecular weight excluding hydrogens is 156 g/mol. The molecule has 0 fully saturated rings. The zero-order valence-corrected chi connectivity index (χ0v) is 6.32. The van der Waals surface area contributed by atoms with Gasteiger partial charge in [-0.05, 0) is 11.6 Å². The molecule has 62 valence electrons. The van der Waals surface area contributed by atoms with Crippen LogP contribution in [0.4, 0.5) is 5.69 Å². The van der Waals surface area contributed by atoms with E-state index in [4.69, 9.17) is 10.8 Å². The van der Waals surface area contributed by atoms with E-state index in [0.29, 0.717) is 5.56 Å². The molecule has 0 spiro atoms. The second kappa shape index (κ2) is 3.04. The number of anilines is 1. The van der Waals surface area contributed by atoms with Crippen molar-refractivity contribution < 1.29 is 9.90 Å². The molecule has 1 aromatic rings. The topological polar surface area (TPSA) is 76.2 Å². The van der Waals surface area contributed by atoms with Gasteiger partial charge in [-0.15, -0.1) is 0 Å². The Morgan fingerprint density at radius 2 is 2.42 bits per heavy atom. The van der Waals surface area contributed by atoms with Crippen LogP contribution in [0.25, 0.3) is 6.08 Å². The van der Waals surface area contributed by atoms with Crippen molar-refractivity contribution in [1.82, 2.24) is 4.98 Å². The molecule has 0 radical (unpaired) electrons. The number of pyridine rings is 1. The second-order valence-corrected chi connectivity index (χ2v) is 2.22. The Morgan fingerprint density at radius 3 is 2.83 bits per heavy atom. The van der Waals surface area contributed by atoms with Gasteiger partial charge in [0.25, 0.3) is 0 Å². The maximum Gasteiger partial charge on any atom is 0.356 e. The number of carbonyl (C=O) groups is 1. The summed E-state index contributed by atoms with van der Waals surface area (Å²) in [7, 11) is 0. The summed E-state index contributed by atoms with van der Waals surface area (Å²) < 4.78 is 0. The molecule has 0 aliphatic carbocycles. The average Bonchev–Trinajstić information content (AvgIpc) is 2.03. The molecule has 0 aliphatic rings. The van der Waals surface area contributed by atoms with Crippen LogP contribution in [-0.2, 0) is 0 Å². The lowest BCUT2D eigenvalue weighted by atomic mass is 10.2. The zero-order valence-electron chi connectivity index (χ0n) is 6.32. The van der Waals surface area contributed by atoms with Crippen LogP contribution in [0.1, 0.15) is 16.1 Å². The van der Waals surface area contributed by atoms with Gasteiger partial charge < -0.3 is 10.8 Å². The van der Waals surface area contributed by atoms with E-state index < -0.39 is 5.97 Å². The smallest absolute Gasteiger partial charge is 0.356 e. The minimum atomic E-state index is -1.12. The lowest BCUT2D eigenvalue weighted by Gasteiger charge is -1.99. The molecule has 12 heavy (non-hydrogen) atoms. The SMILES string of the molecule is C=Cc1cnc(C(=O)O)c(N)c1. The summed E-state index contributed by atoms with van der Waals surface area (Å²) in [4.78, 5) is 14.1. The quantitative estimate of drug-likeness (QED) is 0.683. The van der Waals surface area contributed by atoms with Crippen molar-refractivity contribution in [2.75, 3.05) is 5.73 Å². The normalized spacial score (nSPS) is 9.33. The maximum absolute atomic E-state index is 10.5. The fourth-order valence-corrected chi connectivity index (χ4v) is 0.789. The number of rotatable bonds is 2. The third-order valence-electron chi connectivity index (χ3n) is 1.38. The van der Waals surface area contributed by atoms with E-state index >= 15 is 0 Å². The van der Waals surface area contributed by atoms with E-state index in [0.717, 1.165) is 0 Å². The first-order chi connectivity index (χ1) is 5.65. The molecule has 0 bridgehead atoms. The highest BCUT2D eigenvalue weighted by Crippen LogP contribution is 2.11. The number of hydrogen-bond acceptors (Lipinski definition) is 3. The first-order valence-corrected chi connectivity index (χ1v) is 3.26. The van der Waals surface area contributed by atoms with E-state index in [1.54, 1.807) is 6.08 Å². The van der Waals surface area contributed by atoms with E-state index in [1.165, 1.54) is 12.3 Å².